The second-order valence-electron chi connectivity index (χ2n) is 3.27. The highest BCUT2D eigenvalue weighted by atomic mass is 35.5. The smallest absolute Gasteiger partial charge is 0.0568 e. The third kappa shape index (κ3) is 3.85. The number of nitrogens with two attached hydrogens (primary N) is 1. The van der Waals surface area contributed by atoms with E-state index in [2.05, 4.69) is 0 Å². The summed E-state index contributed by atoms with van der Waals surface area (Å²) in [6.45, 7) is 1.87. The minimum Gasteiger partial charge on any atom is -0.395 e. The van der Waals surface area contributed by atoms with E-state index < -0.39 is 0 Å². The lowest BCUT2D eigenvalue weighted by molar-refractivity contribution is 0.285. The van der Waals surface area contributed by atoms with E-state index >= 15 is 0 Å². The zero-order valence-corrected chi connectivity index (χ0v) is 10.6. The first-order valence-corrected chi connectivity index (χ1v) is 6.16. The van der Waals surface area contributed by atoms with E-state index in [0.29, 0.717) is 10.0 Å². The molecule has 0 heterocycles. The molecule has 0 amide bonds. The van der Waals surface area contributed by atoms with Crippen LogP contribution in [-0.4, -0.2) is 23.0 Å². The molecule has 1 aromatic rings. The molecule has 0 saturated heterocycles. The summed E-state index contributed by atoms with van der Waals surface area (Å²) in [7, 11) is 0. The molecule has 84 valence electrons. The van der Waals surface area contributed by atoms with Gasteiger partial charge in [0.05, 0.1) is 11.6 Å². The monoisotopic (exact) mass is 265 g/mol. The van der Waals surface area contributed by atoms with E-state index in [0.717, 1.165) is 4.90 Å². The van der Waals surface area contributed by atoms with Gasteiger partial charge in [-0.15, -0.1) is 11.8 Å². The molecule has 15 heavy (non-hydrogen) atoms. The number of hydrogen-bond donors (Lipinski definition) is 2. The van der Waals surface area contributed by atoms with Gasteiger partial charge in [0.1, 0.15) is 0 Å². The number of thioether (sulfide) groups is 1. The van der Waals surface area contributed by atoms with Crippen molar-refractivity contribution in [3.8, 4) is 0 Å². The summed E-state index contributed by atoms with van der Waals surface area (Å²) in [5, 5.41) is 10.3. The highest BCUT2D eigenvalue weighted by molar-refractivity contribution is 8.00. The topological polar surface area (TPSA) is 46.2 Å². The SMILES string of the molecule is CC(N)C(CO)Sc1cc(Cl)ccc1Cl. The van der Waals surface area contributed by atoms with Gasteiger partial charge in [-0.3, -0.25) is 0 Å². The normalized spacial score (nSPS) is 15.0. The van der Waals surface area contributed by atoms with Crippen LogP contribution >= 0.6 is 35.0 Å². The van der Waals surface area contributed by atoms with Crippen LogP contribution in [0.15, 0.2) is 23.1 Å². The van der Waals surface area contributed by atoms with Crippen molar-refractivity contribution < 1.29 is 5.11 Å². The van der Waals surface area contributed by atoms with Crippen molar-refractivity contribution in [2.24, 2.45) is 5.73 Å². The molecule has 3 N–H and O–H groups in total. The Balaban J connectivity index is 2.82. The molecule has 0 fully saturated rings. The second-order valence-corrected chi connectivity index (χ2v) is 5.40. The minimum atomic E-state index is -0.102. The van der Waals surface area contributed by atoms with Gasteiger partial charge >= 0.3 is 0 Å². The number of halogens is 2. The van der Waals surface area contributed by atoms with E-state index in [-0.39, 0.29) is 17.9 Å². The molecule has 0 saturated carbocycles. The molecule has 1 aromatic carbocycles. The summed E-state index contributed by atoms with van der Waals surface area (Å²) in [6.07, 6.45) is 0. The first-order valence-electron chi connectivity index (χ1n) is 4.52. The molecule has 5 heteroatoms. The molecular formula is C10H13Cl2NOS. The predicted octanol–water partition coefficient (Wildman–Crippen LogP) is 2.79. The summed E-state index contributed by atoms with van der Waals surface area (Å²) in [5.74, 6) is 0. The summed E-state index contributed by atoms with van der Waals surface area (Å²) >= 11 is 13.3. The molecule has 0 aliphatic rings. The van der Waals surface area contributed by atoms with Crippen molar-refractivity contribution in [1.29, 1.82) is 0 Å². The van der Waals surface area contributed by atoms with E-state index in [4.69, 9.17) is 34.0 Å². The molecule has 0 aliphatic carbocycles. The molecule has 2 nitrogen and oxygen atoms in total. The molecule has 0 aliphatic heterocycles. The second kappa shape index (κ2) is 5.97. The van der Waals surface area contributed by atoms with Crippen LogP contribution in [0.25, 0.3) is 0 Å². The van der Waals surface area contributed by atoms with Crippen LogP contribution in [0.3, 0.4) is 0 Å². The van der Waals surface area contributed by atoms with Crippen LogP contribution in [0.5, 0.6) is 0 Å². The number of rotatable bonds is 4. The molecule has 1 rings (SSSR count). The first-order chi connectivity index (χ1) is 7.04. The Labute approximate surface area is 104 Å². The van der Waals surface area contributed by atoms with Gasteiger partial charge in [0.25, 0.3) is 0 Å². The molecule has 2 unspecified atom stereocenters. The number of aliphatic hydroxyl groups is 1. The van der Waals surface area contributed by atoms with Gasteiger partial charge in [-0.1, -0.05) is 23.2 Å². The Hall–Kier alpha value is 0.0700. The fraction of sp³-hybridized carbons (Fsp3) is 0.400. The van der Waals surface area contributed by atoms with Gasteiger partial charge in [0.2, 0.25) is 0 Å². The highest BCUT2D eigenvalue weighted by Crippen LogP contribution is 2.33. The number of aliphatic hydroxyl groups excluding tert-OH is 1. The molecule has 0 spiro atoms. The van der Waals surface area contributed by atoms with E-state index in [1.807, 2.05) is 6.92 Å². The number of benzene rings is 1. The Kier molecular flexibility index (Phi) is 5.23. The zero-order valence-electron chi connectivity index (χ0n) is 8.28. The van der Waals surface area contributed by atoms with Crippen LogP contribution in [0, 0.1) is 0 Å². The summed E-state index contributed by atoms with van der Waals surface area (Å²) < 4.78 is 0. The van der Waals surface area contributed by atoms with Crippen molar-refractivity contribution in [2.45, 2.75) is 23.1 Å². The molecule has 0 radical (unpaired) electrons. The van der Waals surface area contributed by atoms with Gasteiger partial charge in [-0.2, -0.15) is 0 Å². The Morgan fingerprint density at radius 3 is 2.67 bits per heavy atom. The fourth-order valence-electron chi connectivity index (χ4n) is 1.04. The van der Waals surface area contributed by atoms with Crippen LogP contribution in [0.2, 0.25) is 10.0 Å². The van der Waals surface area contributed by atoms with Crippen LogP contribution in [0.1, 0.15) is 6.92 Å². The Morgan fingerprint density at radius 1 is 1.47 bits per heavy atom. The van der Waals surface area contributed by atoms with Gasteiger partial charge in [-0.05, 0) is 25.1 Å². The van der Waals surface area contributed by atoms with Crippen molar-refractivity contribution >= 4 is 35.0 Å². The molecule has 0 aromatic heterocycles. The third-order valence-corrected chi connectivity index (χ3v) is 4.09. The van der Waals surface area contributed by atoms with Gasteiger partial charge < -0.3 is 10.8 Å². The maximum atomic E-state index is 9.14. The molecular weight excluding hydrogens is 253 g/mol. The lowest BCUT2D eigenvalue weighted by atomic mass is 10.3. The first kappa shape index (κ1) is 13.1. The summed E-state index contributed by atoms with van der Waals surface area (Å²) in [4.78, 5) is 0.848. The largest absolute Gasteiger partial charge is 0.395 e. The quantitative estimate of drug-likeness (QED) is 0.824. The Morgan fingerprint density at radius 2 is 2.13 bits per heavy atom. The van der Waals surface area contributed by atoms with Crippen LogP contribution < -0.4 is 5.73 Å². The summed E-state index contributed by atoms with van der Waals surface area (Å²) in [6, 6.07) is 5.14. The maximum Gasteiger partial charge on any atom is 0.0568 e. The number of hydrogen-bond acceptors (Lipinski definition) is 3. The highest BCUT2D eigenvalue weighted by Gasteiger charge is 2.15. The van der Waals surface area contributed by atoms with Crippen molar-refractivity contribution in [3.05, 3.63) is 28.2 Å². The minimum absolute atomic E-state index is 0.0190. The van der Waals surface area contributed by atoms with Crippen molar-refractivity contribution in [1.82, 2.24) is 0 Å². The van der Waals surface area contributed by atoms with Crippen molar-refractivity contribution in [2.75, 3.05) is 6.61 Å². The Bertz CT molecular complexity index is 333. The average molecular weight is 266 g/mol. The fourth-order valence-corrected chi connectivity index (χ4v) is 2.52. The van der Waals surface area contributed by atoms with Crippen molar-refractivity contribution in [3.63, 3.8) is 0 Å². The lowest BCUT2D eigenvalue weighted by Crippen LogP contribution is -2.31. The van der Waals surface area contributed by atoms with Gasteiger partial charge in [0.15, 0.2) is 0 Å². The predicted molar refractivity (Wildman–Crippen MR) is 66.8 cm³/mol. The lowest BCUT2D eigenvalue weighted by Gasteiger charge is -2.18. The molecule has 2 atom stereocenters. The van der Waals surface area contributed by atoms with Crippen LogP contribution in [-0.2, 0) is 0 Å². The average Bonchev–Trinajstić information content (AvgIpc) is 2.18. The van der Waals surface area contributed by atoms with Crippen LogP contribution in [0.4, 0.5) is 0 Å². The van der Waals surface area contributed by atoms with E-state index in [1.165, 1.54) is 11.8 Å². The molecule has 0 bridgehead atoms. The third-order valence-electron chi connectivity index (χ3n) is 1.94. The summed E-state index contributed by atoms with van der Waals surface area (Å²) in [5.41, 5.74) is 5.73. The van der Waals surface area contributed by atoms with Gasteiger partial charge in [-0.25, -0.2) is 0 Å². The van der Waals surface area contributed by atoms with E-state index in [9.17, 15) is 0 Å². The van der Waals surface area contributed by atoms with E-state index in [1.54, 1.807) is 18.2 Å². The van der Waals surface area contributed by atoms with Gasteiger partial charge in [0, 0.05) is 21.2 Å². The zero-order chi connectivity index (χ0) is 11.4. The standard InChI is InChI=1S/C10H13Cl2NOS/c1-6(13)10(5-14)15-9-4-7(11)2-3-8(9)12/h2-4,6,10,14H,5,13H2,1H3. The maximum absolute atomic E-state index is 9.14.